The molecule has 5 heteroatoms. The van der Waals surface area contributed by atoms with E-state index in [-0.39, 0.29) is 18.4 Å². The molecule has 3 rings (SSSR count). The third kappa shape index (κ3) is 4.25. The molecule has 1 aliphatic heterocycles. The molecule has 0 radical (unpaired) electrons. The van der Waals surface area contributed by atoms with Gasteiger partial charge in [-0.25, -0.2) is 0 Å². The Morgan fingerprint density at radius 3 is 2.50 bits per heavy atom. The van der Waals surface area contributed by atoms with Crippen LogP contribution in [-0.4, -0.2) is 42.0 Å². The lowest BCUT2D eigenvalue weighted by Gasteiger charge is -2.41. The summed E-state index contributed by atoms with van der Waals surface area (Å²) in [5.41, 5.74) is 8.90. The van der Waals surface area contributed by atoms with E-state index in [1.807, 2.05) is 32.0 Å². The third-order valence-corrected chi connectivity index (χ3v) is 5.24. The van der Waals surface area contributed by atoms with E-state index < -0.39 is 11.5 Å². The van der Waals surface area contributed by atoms with Gasteiger partial charge in [0.2, 0.25) is 5.91 Å². The number of hydrogen-bond donors (Lipinski definition) is 1. The number of amides is 2. The SMILES string of the molecule is Cc1ccc(-c2cccc(C[C@@]3(C(N)=O)CN(C(=O)C(C)C)CCO3)c2)cc1. The van der Waals surface area contributed by atoms with Crippen LogP contribution in [0, 0.1) is 12.8 Å². The van der Waals surface area contributed by atoms with Gasteiger partial charge in [0.15, 0.2) is 5.60 Å². The molecule has 1 saturated heterocycles. The van der Waals surface area contributed by atoms with E-state index in [1.54, 1.807) is 4.90 Å². The summed E-state index contributed by atoms with van der Waals surface area (Å²) in [6.07, 6.45) is 0.337. The molecule has 1 aliphatic rings. The van der Waals surface area contributed by atoms with Crippen LogP contribution in [-0.2, 0) is 20.7 Å². The van der Waals surface area contributed by atoms with Crippen molar-refractivity contribution in [2.75, 3.05) is 19.7 Å². The van der Waals surface area contributed by atoms with E-state index in [1.165, 1.54) is 5.56 Å². The number of aryl methyl sites for hydroxylation is 1. The highest BCUT2D eigenvalue weighted by molar-refractivity contribution is 5.86. The Morgan fingerprint density at radius 2 is 1.86 bits per heavy atom. The van der Waals surface area contributed by atoms with Crippen LogP contribution in [0.1, 0.15) is 25.0 Å². The summed E-state index contributed by atoms with van der Waals surface area (Å²) in [4.78, 5) is 26.5. The Balaban J connectivity index is 1.87. The van der Waals surface area contributed by atoms with Crippen LogP contribution in [0.25, 0.3) is 11.1 Å². The zero-order valence-electron chi connectivity index (χ0n) is 16.8. The molecule has 2 amide bonds. The highest BCUT2D eigenvalue weighted by atomic mass is 16.5. The lowest BCUT2D eigenvalue weighted by atomic mass is 9.89. The van der Waals surface area contributed by atoms with Crippen LogP contribution < -0.4 is 5.73 Å². The van der Waals surface area contributed by atoms with Crippen LogP contribution in [0.4, 0.5) is 0 Å². The lowest BCUT2D eigenvalue weighted by molar-refractivity contribution is -0.165. The largest absolute Gasteiger partial charge is 0.367 e. The van der Waals surface area contributed by atoms with Gasteiger partial charge in [0.05, 0.1) is 13.2 Å². The quantitative estimate of drug-likeness (QED) is 0.867. The molecule has 2 aromatic carbocycles. The summed E-state index contributed by atoms with van der Waals surface area (Å²) in [6, 6.07) is 16.4. The molecule has 28 heavy (non-hydrogen) atoms. The van der Waals surface area contributed by atoms with Gasteiger partial charge in [-0.3, -0.25) is 9.59 Å². The van der Waals surface area contributed by atoms with Gasteiger partial charge in [-0.2, -0.15) is 0 Å². The van der Waals surface area contributed by atoms with E-state index in [2.05, 4.69) is 37.3 Å². The Kier molecular flexibility index (Phi) is 5.84. The van der Waals surface area contributed by atoms with Gasteiger partial charge in [-0.05, 0) is 23.6 Å². The van der Waals surface area contributed by atoms with Crippen LogP contribution in [0.3, 0.4) is 0 Å². The van der Waals surface area contributed by atoms with Crippen molar-refractivity contribution in [3.8, 4) is 11.1 Å². The van der Waals surface area contributed by atoms with E-state index in [4.69, 9.17) is 10.5 Å². The average Bonchev–Trinajstić information content (AvgIpc) is 2.68. The number of rotatable bonds is 5. The summed E-state index contributed by atoms with van der Waals surface area (Å²) in [6.45, 7) is 6.74. The van der Waals surface area contributed by atoms with E-state index in [0.29, 0.717) is 19.6 Å². The van der Waals surface area contributed by atoms with Crippen molar-refractivity contribution in [1.29, 1.82) is 0 Å². The van der Waals surface area contributed by atoms with Gasteiger partial charge >= 0.3 is 0 Å². The number of morpholine rings is 1. The third-order valence-electron chi connectivity index (χ3n) is 5.24. The smallest absolute Gasteiger partial charge is 0.251 e. The van der Waals surface area contributed by atoms with Gasteiger partial charge < -0.3 is 15.4 Å². The molecule has 0 unspecified atom stereocenters. The minimum Gasteiger partial charge on any atom is -0.367 e. The second kappa shape index (κ2) is 8.15. The summed E-state index contributed by atoms with van der Waals surface area (Å²) < 4.78 is 5.88. The molecule has 1 atom stereocenters. The molecule has 0 saturated carbocycles. The molecular formula is C23H28N2O3. The standard InChI is InChI=1S/C23H28N2O3/c1-16(2)21(26)25-11-12-28-23(15-25,22(24)27)14-18-5-4-6-20(13-18)19-9-7-17(3)8-10-19/h4-10,13,16H,11-12,14-15H2,1-3H3,(H2,24,27)/t23-/m0/s1. The highest BCUT2D eigenvalue weighted by Crippen LogP contribution is 2.27. The number of ether oxygens (including phenoxy) is 1. The molecule has 0 bridgehead atoms. The lowest BCUT2D eigenvalue weighted by Crippen LogP contribution is -2.61. The maximum Gasteiger partial charge on any atom is 0.251 e. The predicted octanol–water partition coefficient (Wildman–Crippen LogP) is 2.94. The van der Waals surface area contributed by atoms with E-state index in [9.17, 15) is 9.59 Å². The Bertz CT molecular complexity index is 860. The molecule has 1 fully saturated rings. The highest BCUT2D eigenvalue weighted by Gasteiger charge is 2.44. The van der Waals surface area contributed by atoms with Crippen LogP contribution in [0.5, 0.6) is 0 Å². The van der Waals surface area contributed by atoms with Gasteiger partial charge in [-0.1, -0.05) is 67.9 Å². The second-order valence-corrected chi connectivity index (χ2v) is 7.86. The fraction of sp³-hybridized carbons (Fsp3) is 0.391. The topological polar surface area (TPSA) is 72.6 Å². The molecule has 0 aliphatic carbocycles. The summed E-state index contributed by atoms with van der Waals surface area (Å²) in [5, 5.41) is 0. The van der Waals surface area contributed by atoms with Crippen molar-refractivity contribution in [3.05, 3.63) is 59.7 Å². The van der Waals surface area contributed by atoms with Gasteiger partial charge in [0, 0.05) is 18.9 Å². The first-order valence-corrected chi connectivity index (χ1v) is 9.69. The minimum absolute atomic E-state index is 0.0160. The zero-order chi connectivity index (χ0) is 20.3. The van der Waals surface area contributed by atoms with Crippen molar-refractivity contribution >= 4 is 11.8 Å². The fourth-order valence-electron chi connectivity index (χ4n) is 3.62. The summed E-state index contributed by atoms with van der Waals surface area (Å²) >= 11 is 0. The number of primary amides is 1. The molecular weight excluding hydrogens is 352 g/mol. The molecule has 0 aromatic heterocycles. The second-order valence-electron chi connectivity index (χ2n) is 7.86. The first kappa shape index (κ1) is 20.1. The van der Waals surface area contributed by atoms with E-state index >= 15 is 0 Å². The Morgan fingerprint density at radius 1 is 1.14 bits per heavy atom. The molecule has 5 nitrogen and oxygen atoms in total. The molecule has 2 N–H and O–H groups in total. The van der Waals surface area contributed by atoms with Crippen molar-refractivity contribution in [2.24, 2.45) is 11.7 Å². The van der Waals surface area contributed by atoms with Crippen molar-refractivity contribution in [2.45, 2.75) is 32.8 Å². The van der Waals surface area contributed by atoms with Crippen molar-refractivity contribution in [1.82, 2.24) is 4.90 Å². The fourth-order valence-corrected chi connectivity index (χ4v) is 3.62. The zero-order valence-corrected chi connectivity index (χ0v) is 16.8. The average molecular weight is 380 g/mol. The first-order chi connectivity index (χ1) is 13.3. The maximum absolute atomic E-state index is 12.4. The van der Waals surface area contributed by atoms with Crippen LogP contribution in [0.2, 0.25) is 0 Å². The van der Waals surface area contributed by atoms with Gasteiger partial charge in [0.1, 0.15) is 0 Å². The summed E-state index contributed by atoms with van der Waals surface area (Å²) in [7, 11) is 0. The first-order valence-electron chi connectivity index (χ1n) is 9.69. The molecule has 0 spiro atoms. The van der Waals surface area contributed by atoms with Crippen LogP contribution in [0.15, 0.2) is 48.5 Å². The number of carbonyl (C=O) groups excluding carboxylic acids is 2. The maximum atomic E-state index is 12.4. The normalized spacial score (nSPS) is 19.6. The minimum atomic E-state index is -1.20. The van der Waals surface area contributed by atoms with Crippen molar-refractivity contribution in [3.63, 3.8) is 0 Å². The van der Waals surface area contributed by atoms with Gasteiger partial charge in [0.25, 0.3) is 5.91 Å². The number of benzene rings is 2. The van der Waals surface area contributed by atoms with Gasteiger partial charge in [-0.15, -0.1) is 0 Å². The Labute approximate surface area is 166 Å². The molecule has 2 aromatic rings. The predicted molar refractivity (Wildman–Crippen MR) is 110 cm³/mol. The Hall–Kier alpha value is -2.66. The molecule has 1 heterocycles. The summed E-state index contributed by atoms with van der Waals surface area (Å²) in [5.74, 6) is -0.648. The van der Waals surface area contributed by atoms with Crippen LogP contribution >= 0.6 is 0 Å². The van der Waals surface area contributed by atoms with Crippen molar-refractivity contribution < 1.29 is 14.3 Å². The monoisotopic (exact) mass is 380 g/mol. The van der Waals surface area contributed by atoms with E-state index in [0.717, 1.165) is 16.7 Å². The molecule has 148 valence electrons. The number of carbonyl (C=O) groups is 2. The number of nitrogens with two attached hydrogens (primary N) is 1. The number of nitrogens with zero attached hydrogens (tertiary/aromatic N) is 1. The number of hydrogen-bond acceptors (Lipinski definition) is 3.